The number of carbonyl (C=O) groups excluding carboxylic acids is 1. The molecule has 0 saturated heterocycles. The molecule has 1 aliphatic rings. The van der Waals surface area contributed by atoms with Gasteiger partial charge in [0.05, 0.1) is 6.42 Å². The molecular formula is C7H8F3NO. The Labute approximate surface area is 67.4 Å². The van der Waals surface area contributed by atoms with Crippen LogP contribution in [0, 0.1) is 0 Å². The van der Waals surface area contributed by atoms with Crippen LogP contribution in [-0.2, 0) is 4.79 Å². The number of hydrogen-bond acceptors (Lipinski definition) is 1. The summed E-state index contributed by atoms with van der Waals surface area (Å²) in [5.74, 6) is -2.32. The molecule has 0 aromatic rings. The van der Waals surface area contributed by atoms with Crippen molar-refractivity contribution in [1.29, 1.82) is 0 Å². The second-order valence-electron chi connectivity index (χ2n) is 2.68. The van der Waals surface area contributed by atoms with Crippen molar-refractivity contribution in [3.05, 3.63) is 11.9 Å². The Kier molecular flexibility index (Phi) is 2.73. The average molecular weight is 179 g/mol. The minimum Gasteiger partial charge on any atom is -0.353 e. The number of hydrogen-bond donors (Lipinski definition) is 1. The molecule has 5 heteroatoms. The van der Waals surface area contributed by atoms with E-state index in [-0.39, 0.29) is 6.04 Å². The molecule has 1 rings (SSSR count). The Hall–Kier alpha value is -1.00. The third-order valence-electron chi connectivity index (χ3n) is 1.46. The lowest BCUT2D eigenvalue weighted by molar-refractivity contribution is -0.120. The summed E-state index contributed by atoms with van der Waals surface area (Å²) >= 11 is 0. The van der Waals surface area contributed by atoms with Crippen LogP contribution in [0.2, 0.25) is 0 Å². The molecule has 0 spiro atoms. The lowest BCUT2D eigenvalue weighted by Crippen LogP contribution is -2.25. The highest BCUT2D eigenvalue weighted by Gasteiger charge is 2.24. The average Bonchev–Trinajstić information content (AvgIpc) is 2.71. The van der Waals surface area contributed by atoms with E-state index in [4.69, 9.17) is 0 Å². The Balaban J connectivity index is 2.29. The smallest absolute Gasteiger partial charge is 0.302 e. The Bertz CT molecular complexity index is 219. The predicted molar refractivity (Wildman–Crippen MR) is 36.1 cm³/mol. The van der Waals surface area contributed by atoms with Crippen molar-refractivity contribution in [3.63, 3.8) is 0 Å². The number of carbonyl (C=O) groups is 1. The van der Waals surface area contributed by atoms with Gasteiger partial charge in [0.15, 0.2) is 5.83 Å². The monoisotopic (exact) mass is 179 g/mol. The minimum atomic E-state index is -2.42. The van der Waals surface area contributed by atoms with Crippen molar-refractivity contribution >= 4 is 5.91 Å². The van der Waals surface area contributed by atoms with Gasteiger partial charge in [-0.05, 0) is 12.8 Å². The molecule has 1 N–H and O–H groups in total. The summed E-state index contributed by atoms with van der Waals surface area (Å²) in [6.07, 6.45) is -1.55. The molecule has 0 unspecified atom stereocenters. The van der Waals surface area contributed by atoms with Gasteiger partial charge in [0.25, 0.3) is 0 Å². The standard InChI is InChI=1S/C7H8F3NO/c8-5(7(9)10)3-6(12)11-4-1-2-4/h4H,1-3H2,(H,11,12). The fourth-order valence-electron chi connectivity index (χ4n) is 0.714. The lowest BCUT2D eigenvalue weighted by atomic mass is 10.3. The summed E-state index contributed by atoms with van der Waals surface area (Å²) in [6, 6.07) is 0.0768. The van der Waals surface area contributed by atoms with E-state index in [0.29, 0.717) is 0 Å². The minimum absolute atomic E-state index is 0.0768. The van der Waals surface area contributed by atoms with E-state index in [9.17, 15) is 18.0 Å². The molecule has 2 nitrogen and oxygen atoms in total. The van der Waals surface area contributed by atoms with E-state index in [0.717, 1.165) is 12.8 Å². The summed E-state index contributed by atoms with van der Waals surface area (Å²) in [5, 5.41) is 2.39. The SMILES string of the molecule is O=C(CC(F)=C(F)F)NC1CC1. The third kappa shape index (κ3) is 2.94. The second kappa shape index (κ2) is 3.60. The molecule has 0 radical (unpaired) electrons. The van der Waals surface area contributed by atoms with Gasteiger partial charge in [0.1, 0.15) is 0 Å². The van der Waals surface area contributed by atoms with Crippen LogP contribution in [0.5, 0.6) is 0 Å². The maximum Gasteiger partial charge on any atom is 0.302 e. The first-order valence-electron chi connectivity index (χ1n) is 3.58. The van der Waals surface area contributed by atoms with E-state index in [1.165, 1.54) is 0 Å². The van der Waals surface area contributed by atoms with E-state index in [1.807, 2.05) is 0 Å². The second-order valence-corrected chi connectivity index (χ2v) is 2.68. The van der Waals surface area contributed by atoms with Gasteiger partial charge < -0.3 is 5.32 Å². The van der Waals surface area contributed by atoms with Gasteiger partial charge in [-0.1, -0.05) is 0 Å². The van der Waals surface area contributed by atoms with Gasteiger partial charge in [0.2, 0.25) is 5.91 Å². The van der Waals surface area contributed by atoms with Gasteiger partial charge in [-0.3, -0.25) is 4.79 Å². The summed E-state index contributed by atoms with van der Waals surface area (Å²) in [5.41, 5.74) is 0. The van der Waals surface area contributed by atoms with Crippen molar-refractivity contribution in [2.24, 2.45) is 0 Å². The topological polar surface area (TPSA) is 29.1 Å². The van der Waals surface area contributed by atoms with Crippen LogP contribution in [0.15, 0.2) is 11.9 Å². The van der Waals surface area contributed by atoms with Crippen molar-refractivity contribution in [2.45, 2.75) is 25.3 Å². The van der Waals surface area contributed by atoms with Gasteiger partial charge in [-0.2, -0.15) is 8.78 Å². The predicted octanol–water partition coefficient (Wildman–Crippen LogP) is 1.73. The first kappa shape index (κ1) is 9.09. The quantitative estimate of drug-likeness (QED) is 0.702. The largest absolute Gasteiger partial charge is 0.353 e. The van der Waals surface area contributed by atoms with Crippen molar-refractivity contribution in [2.75, 3.05) is 0 Å². The van der Waals surface area contributed by atoms with Gasteiger partial charge in [0, 0.05) is 6.04 Å². The molecule has 0 aromatic carbocycles. The van der Waals surface area contributed by atoms with Crippen LogP contribution in [0.4, 0.5) is 13.2 Å². The summed E-state index contributed by atoms with van der Waals surface area (Å²) in [7, 11) is 0. The van der Waals surface area contributed by atoms with E-state index in [2.05, 4.69) is 5.32 Å². The first-order chi connectivity index (χ1) is 5.59. The zero-order valence-corrected chi connectivity index (χ0v) is 6.24. The third-order valence-corrected chi connectivity index (χ3v) is 1.46. The fourth-order valence-corrected chi connectivity index (χ4v) is 0.714. The van der Waals surface area contributed by atoms with Crippen molar-refractivity contribution < 1.29 is 18.0 Å². The number of rotatable bonds is 3. The molecule has 0 atom stereocenters. The summed E-state index contributed by atoms with van der Waals surface area (Å²) in [6.45, 7) is 0. The van der Waals surface area contributed by atoms with Crippen LogP contribution in [0.25, 0.3) is 0 Å². The lowest BCUT2D eigenvalue weighted by Gasteiger charge is -1.99. The molecule has 0 aromatic heterocycles. The van der Waals surface area contributed by atoms with Crippen LogP contribution in [0.1, 0.15) is 19.3 Å². The van der Waals surface area contributed by atoms with Crippen LogP contribution in [-0.4, -0.2) is 11.9 Å². The molecule has 0 heterocycles. The molecule has 12 heavy (non-hydrogen) atoms. The normalized spacial score (nSPS) is 15.6. The Morgan fingerprint density at radius 3 is 2.33 bits per heavy atom. The van der Waals surface area contributed by atoms with Crippen molar-refractivity contribution in [1.82, 2.24) is 5.32 Å². The number of halogens is 3. The molecule has 1 fully saturated rings. The van der Waals surface area contributed by atoms with Crippen molar-refractivity contribution in [3.8, 4) is 0 Å². The van der Waals surface area contributed by atoms with E-state index < -0.39 is 24.2 Å². The number of nitrogens with one attached hydrogen (secondary N) is 1. The molecular weight excluding hydrogens is 171 g/mol. The molecule has 68 valence electrons. The highest BCUT2D eigenvalue weighted by atomic mass is 19.3. The zero-order valence-electron chi connectivity index (χ0n) is 6.24. The molecule has 1 saturated carbocycles. The van der Waals surface area contributed by atoms with E-state index >= 15 is 0 Å². The maximum atomic E-state index is 12.1. The number of amides is 1. The highest BCUT2D eigenvalue weighted by molar-refractivity contribution is 5.78. The zero-order chi connectivity index (χ0) is 9.14. The fraction of sp³-hybridized carbons (Fsp3) is 0.571. The van der Waals surface area contributed by atoms with E-state index in [1.54, 1.807) is 0 Å². The summed E-state index contributed by atoms with van der Waals surface area (Å²) in [4.78, 5) is 10.7. The molecule has 1 amide bonds. The molecule has 0 aliphatic heterocycles. The van der Waals surface area contributed by atoms with Gasteiger partial charge >= 0.3 is 6.08 Å². The van der Waals surface area contributed by atoms with Gasteiger partial charge in [-0.15, -0.1) is 0 Å². The molecule has 1 aliphatic carbocycles. The highest BCUT2D eigenvalue weighted by Crippen LogP contribution is 2.20. The first-order valence-corrected chi connectivity index (χ1v) is 3.58. The molecule has 0 bridgehead atoms. The summed E-state index contributed by atoms with van der Waals surface area (Å²) < 4.78 is 35.0. The van der Waals surface area contributed by atoms with Crippen LogP contribution < -0.4 is 5.32 Å². The van der Waals surface area contributed by atoms with Crippen LogP contribution >= 0.6 is 0 Å². The maximum absolute atomic E-state index is 12.1. The van der Waals surface area contributed by atoms with Crippen LogP contribution in [0.3, 0.4) is 0 Å². The van der Waals surface area contributed by atoms with Gasteiger partial charge in [-0.25, -0.2) is 4.39 Å². The Morgan fingerprint density at radius 2 is 1.92 bits per heavy atom. The Morgan fingerprint density at radius 1 is 1.33 bits per heavy atom.